The fourth-order valence-electron chi connectivity index (χ4n) is 3.43. The molecule has 0 radical (unpaired) electrons. The first-order valence-electron chi connectivity index (χ1n) is 9.63. The summed E-state index contributed by atoms with van der Waals surface area (Å²) in [5.74, 6) is 1.18. The third-order valence-electron chi connectivity index (χ3n) is 4.82. The van der Waals surface area contributed by atoms with Crippen LogP contribution in [0, 0.1) is 0 Å². The van der Waals surface area contributed by atoms with Crippen molar-refractivity contribution in [1.82, 2.24) is 25.2 Å². The molecular formula is C20H28N6O2. The number of hydrogen-bond donors (Lipinski definition) is 2. The van der Waals surface area contributed by atoms with Crippen LogP contribution in [0.4, 0.5) is 11.5 Å². The average molecular weight is 384 g/mol. The van der Waals surface area contributed by atoms with Crippen molar-refractivity contribution in [3.05, 3.63) is 42.6 Å². The van der Waals surface area contributed by atoms with Gasteiger partial charge in [0.1, 0.15) is 5.82 Å². The predicted octanol–water partition coefficient (Wildman–Crippen LogP) is 1.95. The maximum Gasteiger partial charge on any atom is 0.234 e. The van der Waals surface area contributed by atoms with E-state index in [0.717, 1.165) is 37.3 Å². The Balaban J connectivity index is 1.45. The van der Waals surface area contributed by atoms with E-state index >= 15 is 0 Å². The highest BCUT2D eigenvalue weighted by atomic mass is 16.5. The van der Waals surface area contributed by atoms with Gasteiger partial charge in [-0.05, 0) is 45.0 Å². The summed E-state index contributed by atoms with van der Waals surface area (Å²) < 4.78 is 5.05. The van der Waals surface area contributed by atoms with Crippen molar-refractivity contribution in [2.75, 3.05) is 38.7 Å². The summed E-state index contributed by atoms with van der Waals surface area (Å²) in [6.45, 7) is 4.72. The molecule has 150 valence electrons. The Bertz CT molecular complexity index is 732. The largest absolute Gasteiger partial charge is 0.383 e. The number of ether oxygens (including phenoxy) is 1. The summed E-state index contributed by atoms with van der Waals surface area (Å²) in [5.41, 5.74) is 1.99. The molecule has 0 saturated carbocycles. The molecule has 2 aromatic heterocycles. The van der Waals surface area contributed by atoms with E-state index in [2.05, 4.69) is 36.6 Å². The zero-order chi connectivity index (χ0) is 19.8. The second-order valence-corrected chi connectivity index (χ2v) is 7.16. The van der Waals surface area contributed by atoms with Crippen molar-refractivity contribution in [2.45, 2.75) is 31.7 Å². The zero-order valence-electron chi connectivity index (χ0n) is 16.5. The van der Waals surface area contributed by atoms with Gasteiger partial charge in [0, 0.05) is 37.2 Å². The van der Waals surface area contributed by atoms with E-state index in [1.165, 1.54) is 0 Å². The van der Waals surface area contributed by atoms with E-state index in [-0.39, 0.29) is 11.9 Å². The Hall–Kier alpha value is -2.58. The molecule has 0 aliphatic carbocycles. The summed E-state index contributed by atoms with van der Waals surface area (Å²) in [5, 5.41) is 6.15. The van der Waals surface area contributed by atoms with Gasteiger partial charge in [0.15, 0.2) is 0 Å². The number of anilines is 2. The number of likely N-dealkylation sites (tertiary alicyclic amines) is 1. The number of methoxy groups -OCH3 is 1. The fourth-order valence-corrected chi connectivity index (χ4v) is 3.43. The number of aromatic nitrogens is 3. The van der Waals surface area contributed by atoms with Crippen molar-refractivity contribution in [3.63, 3.8) is 0 Å². The van der Waals surface area contributed by atoms with Gasteiger partial charge < -0.3 is 15.4 Å². The van der Waals surface area contributed by atoms with Crippen LogP contribution in [0.2, 0.25) is 0 Å². The lowest BCUT2D eigenvalue weighted by Gasteiger charge is -2.31. The first-order chi connectivity index (χ1) is 13.6. The maximum atomic E-state index is 12.1. The van der Waals surface area contributed by atoms with Crippen LogP contribution in [0.1, 0.15) is 31.4 Å². The van der Waals surface area contributed by atoms with Gasteiger partial charge in [0.25, 0.3) is 0 Å². The first-order valence-corrected chi connectivity index (χ1v) is 9.63. The van der Waals surface area contributed by atoms with Gasteiger partial charge in [0.2, 0.25) is 5.91 Å². The molecule has 8 heteroatoms. The minimum Gasteiger partial charge on any atom is -0.383 e. The molecule has 2 aromatic rings. The molecule has 1 fully saturated rings. The zero-order valence-corrected chi connectivity index (χ0v) is 16.5. The highest BCUT2D eigenvalue weighted by molar-refractivity contribution is 5.78. The molecular weight excluding hydrogens is 356 g/mol. The molecule has 2 N–H and O–H groups in total. The number of piperidine rings is 1. The number of hydrogen-bond acceptors (Lipinski definition) is 7. The average Bonchev–Trinajstić information content (AvgIpc) is 2.70. The van der Waals surface area contributed by atoms with Gasteiger partial charge in [-0.15, -0.1) is 0 Å². The van der Waals surface area contributed by atoms with Gasteiger partial charge in [-0.1, -0.05) is 0 Å². The molecule has 1 aliphatic heterocycles. The monoisotopic (exact) mass is 384 g/mol. The fraction of sp³-hybridized carbons (Fsp3) is 0.500. The second kappa shape index (κ2) is 10.1. The number of carbonyl (C=O) groups excluding carboxylic acids is 1. The van der Waals surface area contributed by atoms with E-state index in [4.69, 9.17) is 4.74 Å². The summed E-state index contributed by atoms with van der Waals surface area (Å²) in [7, 11) is 1.64. The van der Waals surface area contributed by atoms with Crippen LogP contribution in [-0.2, 0) is 9.53 Å². The van der Waals surface area contributed by atoms with Crippen molar-refractivity contribution >= 4 is 17.4 Å². The SMILES string of the molecule is COC[C@@H](C)NC(=O)CN1CCC(c2ccc(Nc3cnccn3)cn2)CC1. The molecule has 8 nitrogen and oxygen atoms in total. The van der Waals surface area contributed by atoms with E-state index in [0.29, 0.717) is 24.9 Å². The highest BCUT2D eigenvalue weighted by Crippen LogP contribution is 2.27. The molecule has 1 atom stereocenters. The standard InChI is InChI=1S/C20H28N6O2/c1-15(14-28-2)24-20(27)13-26-9-5-16(6-10-26)18-4-3-17(11-23-18)25-19-12-21-7-8-22-19/h3-4,7-8,11-12,15-16H,5-6,9-10,13-14H2,1-2H3,(H,22,25)(H,24,27)/t15-/m1/s1. The maximum absolute atomic E-state index is 12.1. The van der Waals surface area contributed by atoms with E-state index in [9.17, 15) is 4.79 Å². The molecule has 0 unspecified atom stereocenters. The predicted molar refractivity (Wildman–Crippen MR) is 107 cm³/mol. The van der Waals surface area contributed by atoms with Gasteiger partial charge in [-0.2, -0.15) is 0 Å². The molecule has 1 saturated heterocycles. The quantitative estimate of drug-likeness (QED) is 0.718. The minimum absolute atomic E-state index is 0.0354. The Morgan fingerprint density at radius 3 is 2.71 bits per heavy atom. The van der Waals surface area contributed by atoms with Crippen LogP contribution in [-0.4, -0.2) is 65.2 Å². The number of nitrogens with one attached hydrogen (secondary N) is 2. The topological polar surface area (TPSA) is 92.3 Å². The molecule has 1 amide bonds. The number of carbonyl (C=O) groups is 1. The van der Waals surface area contributed by atoms with E-state index in [1.54, 1.807) is 25.7 Å². The molecule has 1 aliphatic rings. The first kappa shape index (κ1) is 20.2. The molecule has 3 rings (SSSR count). The van der Waals surface area contributed by atoms with Crippen LogP contribution in [0.25, 0.3) is 0 Å². The lowest BCUT2D eigenvalue weighted by molar-refractivity contribution is -0.123. The van der Waals surface area contributed by atoms with Crippen LogP contribution in [0.3, 0.4) is 0 Å². The van der Waals surface area contributed by atoms with Gasteiger partial charge in [0.05, 0.1) is 31.2 Å². The second-order valence-electron chi connectivity index (χ2n) is 7.16. The summed E-state index contributed by atoms with van der Waals surface area (Å²) in [4.78, 5) is 27.2. The lowest BCUT2D eigenvalue weighted by Crippen LogP contribution is -2.44. The van der Waals surface area contributed by atoms with Gasteiger partial charge in [-0.3, -0.25) is 19.7 Å². The van der Waals surface area contributed by atoms with Crippen molar-refractivity contribution < 1.29 is 9.53 Å². The minimum atomic E-state index is 0.0354. The van der Waals surface area contributed by atoms with Crippen LogP contribution in [0.5, 0.6) is 0 Å². The summed E-state index contributed by atoms with van der Waals surface area (Å²) >= 11 is 0. The number of nitrogens with zero attached hydrogens (tertiary/aromatic N) is 4. The Morgan fingerprint density at radius 1 is 1.25 bits per heavy atom. The van der Waals surface area contributed by atoms with Gasteiger partial charge >= 0.3 is 0 Å². The van der Waals surface area contributed by atoms with E-state index < -0.39 is 0 Å². The smallest absolute Gasteiger partial charge is 0.234 e. The normalized spacial score (nSPS) is 16.5. The molecule has 0 spiro atoms. The third kappa shape index (κ3) is 5.97. The van der Waals surface area contributed by atoms with Crippen molar-refractivity contribution in [1.29, 1.82) is 0 Å². The van der Waals surface area contributed by atoms with Crippen molar-refractivity contribution in [3.8, 4) is 0 Å². The molecule has 0 bridgehead atoms. The van der Waals surface area contributed by atoms with Crippen LogP contribution < -0.4 is 10.6 Å². The highest BCUT2D eigenvalue weighted by Gasteiger charge is 2.23. The molecule has 28 heavy (non-hydrogen) atoms. The van der Waals surface area contributed by atoms with Crippen LogP contribution in [0.15, 0.2) is 36.9 Å². The Morgan fingerprint density at radius 2 is 2.07 bits per heavy atom. The Labute approximate surface area is 165 Å². The van der Waals surface area contributed by atoms with E-state index in [1.807, 2.05) is 19.2 Å². The Kier molecular flexibility index (Phi) is 7.27. The number of amides is 1. The van der Waals surface area contributed by atoms with Crippen LogP contribution >= 0.6 is 0 Å². The number of rotatable bonds is 8. The van der Waals surface area contributed by atoms with Gasteiger partial charge in [-0.25, -0.2) is 4.98 Å². The summed E-state index contributed by atoms with van der Waals surface area (Å²) in [6.07, 6.45) is 8.81. The van der Waals surface area contributed by atoms with Crippen molar-refractivity contribution in [2.24, 2.45) is 0 Å². The lowest BCUT2D eigenvalue weighted by atomic mass is 9.93. The summed E-state index contributed by atoms with van der Waals surface area (Å²) in [6, 6.07) is 4.12. The molecule has 3 heterocycles. The third-order valence-corrected chi connectivity index (χ3v) is 4.82. The molecule has 0 aromatic carbocycles. The number of pyridine rings is 1.